The summed E-state index contributed by atoms with van der Waals surface area (Å²) in [5.41, 5.74) is 2.53. The van der Waals surface area contributed by atoms with Gasteiger partial charge in [0.15, 0.2) is 0 Å². The third-order valence-corrected chi connectivity index (χ3v) is 5.24. The van der Waals surface area contributed by atoms with Gasteiger partial charge in [-0.05, 0) is 49.9 Å². The van der Waals surface area contributed by atoms with Crippen LogP contribution in [-0.2, 0) is 13.1 Å². The average Bonchev–Trinajstić information content (AvgIpc) is 2.62. The SMILES string of the molecule is O=C(NCc1cccc(CN2CCCCC2)c1)NC1CCCCC1. The molecule has 1 aliphatic heterocycles. The zero-order valence-electron chi connectivity index (χ0n) is 14.7. The summed E-state index contributed by atoms with van der Waals surface area (Å²) in [5.74, 6) is 0. The maximum atomic E-state index is 12.1. The third-order valence-electron chi connectivity index (χ3n) is 5.24. The van der Waals surface area contributed by atoms with E-state index in [9.17, 15) is 4.79 Å². The van der Waals surface area contributed by atoms with Crippen molar-refractivity contribution in [2.75, 3.05) is 13.1 Å². The molecule has 1 saturated carbocycles. The number of amides is 2. The average molecular weight is 329 g/mol. The number of carbonyl (C=O) groups is 1. The Hall–Kier alpha value is -1.55. The molecule has 1 aromatic carbocycles. The summed E-state index contributed by atoms with van der Waals surface area (Å²) in [6.07, 6.45) is 10.1. The second-order valence-corrected chi connectivity index (χ2v) is 7.32. The van der Waals surface area contributed by atoms with E-state index in [4.69, 9.17) is 0 Å². The lowest BCUT2D eigenvalue weighted by molar-refractivity contribution is 0.221. The number of urea groups is 1. The molecule has 0 radical (unpaired) electrons. The van der Waals surface area contributed by atoms with Crippen molar-refractivity contribution in [3.05, 3.63) is 35.4 Å². The van der Waals surface area contributed by atoms with Crippen molar-refractivity contribution in [3.8, 4) is 0 Å². The summed E-state index contributed by atoms with van der Waals surface area (Å²) in [7, 11) is 0. The fourth-order valence-electron chi connectivity index (χ4n) is 3.88. The zero-order chi connectivity index (χ0) is 16.6. The Morgan fingerprint density at radius 2 is 1.71 bits per heavy atom. The molecule has 2 fully saturated rings. The largest absolute Gasteiger partial charge is 0.335 e. The van der Waals surface area contributed by atoms with Gasteiger partial charge in [0.25, 0.3) is 0 Å². The molecule has 3 rings (SSSR count). The Morgan fingerprint density at radius 3 is 2.50 bits per heavy atom. The lowest BCUT2D eigenvalue weighted by atomic mass is 9.96. The van der Waals surface area contributed by atoms with Crippen LogP contribution in [0, 0.1) is 0 Å². The first kappa shape index (κ1) is 17.3. The standard InChI is InChI=1S/C20H31N3O/c24-20(22-19-10-3-1-4-11-19)21-15-17-8-7-9-18(14-17)16-23-12-5-2-6-13-23/h7-9,14,19H,1-6,10-13,15-16H2,(H2,21,22,24). The Bertz CT molecular complexity index is 519. The fourth-order valence-corrected chi connectivity index (χ4v) is 3.88. The van der Waals surface area contributed by atoms with Gasteiger partial charge in [0.05, 0.1) is 0 Å². The number of nitrogens with zero attached hydrogens (tertiary/aromatic N) is 1. The van der Waals surface area contributed by atoms with Crippen molar-refractivity contribution in [3.63, 3.8) is 0 Å². The lowest BCUT2D eigenvalue weighted by Crippen LogP contribution is -2.42. The van der Waals surface area contributed by atoms with Crippen LogP contribution < -0.4 is 10.6 Å². The van der Waals surface area contributed by atoms with Gasteiger partial charge < -0.3 is 10.6 Å². The number of benzene rings is 1. The lowest BCUT2D eigenvalue weighted by Gasteiger charge is -2.26. The smallest absolute Gasteiger partial charge is 0.315 e. The van der Waals surface area contributed by atoms with E-state index >= 15 is 0 Å². The molecule has 1 saturated heterocycles. The number of piperidine rings is 1. The van der Waals surface area contributed by atoms with Gasteiger partial charge in [0.2, 0.25) is 0 Å². The minimum Gasteiger partial charge on any atom is -0.335 e. The highest BCUT2D eigenvalue weighted by molar-refractivity contribution is 5.74. The van der Waals surface area contributed by atoms with Crippen LogP contribution in [0.25, 0.3) is 0 Å². The topological polar surface area (TPSA) is 44.4 Å². The highest BCUT2D eigenvalue weighted by atomic mass is 16.2. The quantitative estimate of drug-likeness (QED) is 0.863. The third kappa shape index (κ3) is 5.52. The first-order valence-electron chi connectivity index (χ1n) is 9.64. The summed E-state index contributed by atoms with van der Waals surface area (Å²) in [6.45, 7) is 4.06. The van der Waals surface area contributed by atoms with Gasteiger partial charge >= 0.3 is 6.03 Å². The molecule has 4 heteroatoms. The molecule has 0 atom stereocenters. The van der Waals surface area contributed by atoms with E-state index in [1.54, 1.807) is 0 Å². The highest BCUT2D eigenvalue weighted by Gasteiger charge is 2.15. The molecular formula is C20H31N3O. The van der Waals surface area contributed by atoms with Crippen LogP contribution in [0.3, 0.4) is 0 Å². The molecule has 2 aliphatic rings. The predicted molar refractivity (Wildman–Crippen MR) is 97.8 cm³/mol. The molecule has 0 unspecified atom stereocenters. The minimum absolute atomic E-state index is 0.0247. The van der Waals surface area contributed by atoms with Crippen LogP contribution in [0.4, 0.5) is 4.79 Å². The van der Waals surface area contributed by atoms with Gasteiger partial charge in [-0.15, -0.1) is 0 Å². The second kappa shape index (κ2) is 9.07. The number of likely N-dealkylation sites (tertiary alicyclic amines) is 1. The van der Waals surface area contributed by atoms with E-state index in [1.165, 1.54) is 62.7 Å². The molecule has 1 aromatic rings. The maximum Gasteiger partial charge on any atom is 0.315 e. The number of hydrogen-bond donors (Lipinski definition) is 2. The summed E-state index contributed by atoms with van der Waals surface area (Å²) in [6, 6.07) is 8.97. The van der Waals surface area contributed by atoms with Crippen LogP contribution in [0.15, 0.2) is 24.3 Å². The molecule has 4 nitrogen and oxygen atoms in total. The van der Waals surface area contributed by atoms with E-state index in [1.807, 2.05) is 0 Å². The number of carbonyl (C=O) groups excluding carboxylic acids is 1. The number of hydrogen-bond acceptors (Lipinski definition) is 2. The summed E-state index contributed by atoms with van der Waals surface area (Å²) in [5, 5.41) is 6.12. The second-order valence-electron chi connectivity index (χ2n) is 7.32. The van der Waals surface area contributed by atoms with E-state index in [-0.39, 0.29) is 6.03 Å². The van der Waals surface area contributed by atoms with Crippen molar-refractivity contribution in [1.82, 2.24) is 15.5 Å². The van der Waals surface area contributed by atoms with Crippen LogP contribution in [0.1, 0.15) is 62.5 Å². The fraction of sp³-hybridized carbons (Fsp3) is 0.650. The predicted octanol–water partition coefficient (Wildman–Crippen LogP) is 3.80. The molecule has 132 valence electrons. The molecule has 0 aromatic heterocycles. The molecular weight excluding hydrogens is 298 g/mol. The van der Waals surface area contributed by atoms with Crippen LogP contribution in [0.5, 0.6) is 0 Å². The van der Waals surface area contributed by atoms with E-state index in [2.05, 4.69) is 39.8 Å². The zero-order valence-corrected chi connectivity index (χ0v) is 14.7. The van der Waals surface area contributed by atoms with Crippen LogP contribution in [0.2, 0.25) is 0 Å². The molecule has 24 heavy (non-hydrogen) atoms. The Labute approximate surface area is 146 Å². The molecule has 1 aliphatic carbocycles. The molecule has 0 bridgehead atoms. The first-order valence-corrected chi connectivity index (χ1v) is 9.64. The molecule has 2 N–H and O–H groups in total. The Kier molecular flexibility index (Phi) is 6.53. The number of nitrogens with one attached hydrogen (secondary N) is 2. The molecule has 0 spiro atoms. The Morgan fingerprint density at radius 1 is 1.00 bits per heavy atom. The van der Waals surface area contributed by atoms with Gasteiger partial charge in [-0.2, -0.15) is 0 Å². The van der Waals surface area contributed by atoms with Crippen LogP contribution >= 0.6 is 0 Å². The van der Waals surface area contributed by atoms with E-state index in [0.717, 1.165) is 19.4 Å². The number of rotatable bonds is 5. The van der Waals surface area contributed by atoms with E-state index < -0.39 is 0 Å². The normalized spacial score (nSPS) is 19.8. The Balaban J connectivity index is 1.44. The van der Waals surface area contributed by atoms with Crippen molar-refractivity contribution in [2.45, 2.75) is 70.5 Å². The van der Waals surface area contributed by atoms with Gasteiger partial charge in [0, 0.05) is 19.1 Å². The molecule has 2 amide bonds. The maximum absolute atomic E-state index is 12.1. The van der Waals surface area contributed by atoms with Gasteiger partial charge in [-0.3, -0.25) is 4.90 Å². The molecule has 1 heterocycles. The van der Waals surface area contributed by atoms with Crippen molar-refractivity contribution >= 4 is 6.03 Å². The van der Waals surface area contributed by atoms with Crippen molar-refractivity contribution < 1.29 is 4.79 Å². The van der Waals surface area contributed by atoms with Gasteiger partial charge in [-0.1, -0.05) is 49.9 Å². The summed E-state index contributed by atoms with van der Waals surface area (Å²) >= 11 is 0. The monoisotopic (exact) mass is 329 g/mol. The van der Waals surface area contributed by atoms with Crippen molar-refractivity contribution in [1.29, 1.82) is 0 Å². The summed E-state index contributed by atoms with van der Waals surface area (Å²) in [4.78, 5) is 14.6. The van der Waals surface area contributed by atoms with Gasteiger partial charge in [-0.25, -0.2) is 4.79 Å². The highest BCUT2D eigenvalue weighted by Crippen LogP contribution is 2.17. The van der Waals surface area contributed by atoms with Gasteiger partial charge in [0.1, 0.15) is 0 Å². The summed E-state index contributed by atoms with van der Waals surface area (Å²) < 4.78 is 0. The van der Waals surface area contributed by atoms with Crippen LogP contribution in [-0.4, -0.2) is 30.1 Å². The first-order chi connectivity index (χ1) is 11.8. The van der Waals surface area contributed by atoms with Crippen molar-refractivity contribution in [2.24, 2.45) is 0 Å². The minimum atomic E-state index is -0.0247. The van der Waals surface area contributed by atoms with E-state index in [0.29, 0.717) is 12.6 Å².